The third-order valence-electron chi connectivity index (χ3n) is 2.56. The largest absolute Gasteiger partial charge is 0.466 e. The highest BCUT2D eigenvalue weighted by atomic mass is 16.7. The van der Waals surface area contributed by atoms with E-state index in [4.69, 9.17) is 18.9 Å². The van der Waals surface area contributed by atoms with Crippen LogP contribution in [0.15, 0.2) is 24.3 Å². The van der Waals surface area contributed by atoms with Crippen LogP contribution < -0.4 is 4.74 Å². The molecule has 0 fully saturated rings. The number of ether oxygens (including phenoxy) is 4. The van der Waals surface area contributed by atoms with Gasteiger partial charge in [-0.1, -0.05) is 12.1 Å². The first-order valence-corrected chi connectivity index (χ1v) is 7.08. The standard InChI is InChI=1S/C16H18O8/c1-10(17)21-9-8-15(23-12(3)19)24-16(20)13-6-4-5-7-14(13)22-11(2)18/h4-7,15H,8-9H2,1-3H3. The zero-order valence-electron chi connectivity index (χ0n) is 13.6. The minimum absolute atomic E-state index is 0.00246. The van der Waals surface area contributed by atoms with Crippen molar-refractivity contribution in [3.8, 4) is 5.75 Å². The number of hydrogen-bond donors (Lipinski definition) is 0. The molecule has 0 heterocycles. The summed E-state index contributed by atoms with van der Waals surface area (Å²) in [5.74, 6) is -2.59. The van der Waals surface area contributed by atoms with Gasteiger partial charge in [0.15, 0.2) is 0 Å². The Morgan fingerprint density at radius 2 is 1.58 bits per heavy atom. The van der Waals surface area contributed by atoms with E-state index in [1.807, 2.05) is 0 Å². The average Bonchev–Trinajstić information content (AvgIpc) is 2.45. The predicted molar refractivity (Wildman–Crippen MR) is 80.0 cm³/mol. The van der Waals surface area contributed by atoms with Crippen molar-refractivity contribution in [2.45, 2.75) is 33.5 Å². The van der Waals surface area contributed by atoms with Crippen LogP contribution in [0.1, 0.15) is 37.6 Å². The number of carbonyl (C=O) groups is 4. The summed E-state index contributed by atoms with van der Waals surface area (Å²) in [4.78, 5) is 45.1. The van der Waals surface area contributed by atoms with Crippen LogP contribution in [0, 0.1) is 0 Å². The maximum Gasteiger partial charge on any atom is 0.345 e. The lowest BCUT2D eigenvalue weighted by Crippen LogP contribution is -2.26. The zero-order chi connectivity index (χ0) is 18.1. The van der Waals surface area contributed by atoms with Gasteiger partial charge >= 0.3 is 23.9 Å². The summed E-state index contributed by atoms with van der Waals surface area (Å²) < 4.78 is 19.6. The molecule has 130 valence electrons. The van der Waals surface area contributed by atoms with Crippen molar-refractivity contribution in [1.82, 2.24) is 0 Å². The Balaban J connectivity index is 2.81. The van der Waals surface area contributed by atoms with E-state index >= 15 is 0 Å². The van der Waals surface area contributed by atoms with Crippen LogP contribution in [0.4, 0.5) is 0 Å². The molecule has 0 bridgehead atoms. The molecule has 0 aliphatic rings. The van der Waals surface area contributed by atoms with Gasteiger partial charge in [-0.3, -0.25) is 14.4 Å². The fraction of sp³-hybridized carbons (Fsp3) is 0.375. The van der Waals surface area contributed by atoms with E-state index in [-0.39, 0.29) is 24.3 Å². The predicted octanol–water partition coefficient (Wildman–Crippen LogP) is 1.61. The highest BCUT2D eigenvalue weighted by molar-refractivity contribution is 5.93. The number of rotatable bonds is 7. The number of benzene rings is 1. The first-order valence-electron chi connectivity index (χ1n) is 7.08. The van der Waals surface area contributed by atoms with E-state index < -0.39 is 30.2 Å². The molecule has 8 heteroatoms. The van der Waals surface area contributed by atoms with Crippen LogP contribution in [0.25, 0.3) is 0 Å². The lowest BCUT2D eigenvalue weighted by atomic mass is 10.2. The van der Waals surface area contributed by atoms with Gasteiger partial charge in [-0.15, -0.1) is 0 Å². The van der Waals surface area contributed by atoms with Crippen LogP contribution >= 0.6 is 0 Å². The van der Waals surface area contributed by atoms with Gasteiger partial charge < -0.3 is 18.9 Å². The Labute approximate surface area is 138 Å². The number of carbonyl (C=O) groups excluding carboxylic acids is 4. The first-order chi connectivity index (χ1) is 11.3. The van der Waals surface area contributed by atoms with Crippen molar-refractivity contribution in [3.05, 3.63) is 29.8 Å². The Morgan fingerprint density at radius 3 is 2.17 bits per heavy atom. The van der Waals surface area contributed by atoms with Crippen LogP contribution in [-0.2, 0) is 28.6 Å². The summed E-state index contributed by atoms with van der Waals surface area (Å²) in [7, 11) is 0. The van der Waals surface area contributed by atoms with Crippen molar-refractivity contribution < 1.29 is 38.1 Å². The lowest BCUT2D eigenvalue weighted by molar-refractivity contribution is -0.169. The fourth-order valence-corrected chi connectivity index (χ4v) is 1.69. The van der Waals surface area contributed by atoms with E-state index in [1.165, 1.54) is 26.0 Å². The first kappa shape index (κ1) is 19.1. The molecule has 0 saturated heterocycles. The highest BCUT2D eigenvalue weighted by Crippen LogP contribution is 2.20. The van der Waals surface area contributed by atoms with E-state index in [0.717, 1.165) is 6.92 Å². The maximum atomic E-state index is 12.2. The Morgan fingerprint density at radius 1 is 0.917 bits per heavy atom. The second-order valence-electron chi connectivity index (χ2n) is 4.66. The molecule has 1 aromatic carbocycles. The van der Waals surface area contributed by atoms with Crippen LogP contribution in [0.5, 0.6) is 5.75 Å². The van der Waals surface area contributed by atoms with Gasteiger partial charge in [-0.05, 0) is 12.1 Å². The molecule has 8 nitrogen and oxygen atoms in total. The van der Waals surface area contributed by atoms with Crippen LogP contribution in [0.3, 0.4) is 0 Å². The second kappa shape index (κ2) is 9.29. The summed E-state index contributed by atoms with van der Waals surface area (Å²) in [5, 5.41) is 0. The molecule has 0 aliphatic heterocycles. The highest BCUT2D eigenvalue weighted by Gasteiger charge is 2.22. The molecular weight excluding hydrogens is 320 g/mol. The number of esters is 4. The Bertz CT molecular complexity index is 622. The Hall–Kier alpha value is -2.90. The molecule has 1 aromatic rings. The van der Waals surface area contributed by atoms with Gasteiger partial charge in [-0.2, -0.15) is 0 Å². The zero-order valence-corrected chi connectivity index (χ0v) is 13.6. The molecule has 1 atom stereocenters. The summed E-state index contributed by atoms with van der Waals surface area (Å²) in [6.07, 6.45) is -1.26. The van der Waals surface area contributed by atoms with Crippen molar-refractivity contribution in [2.75, 3.05) is 6.61 Å². The topological polar surface area (TPSA) is 105 Å². The third kappa shape index (κ3) is 6.91. The monoisotopic (exact) mass is 338 g/mol. The fourth-order valence-electron chi connectivity index (χ4n) is 1.69. The van der Waals surface area contributed by atoms with Gasteiger partial charge in [-0.25, -0.2) is 4.79 Å². The molecule has 0 radical (unpaired) electrons. The van der Waals surface area contributed by atoms with Gasteiger partial charge in [0, 0.05) is 20.8 Å². The minimum atomic E-state index is -1.24. The quantitative estimate of drug-likeness (QED) is 0.419. The number of para-hydroxylation sites is 1. The van der Waals surface area contributed by atoms with E-state index in [9.17, 15) is 19.2 Å². The van der Waals surface area contributed by atoms with E-state index in [0.29, 0.717) is 0 Å². The summed E-state index contributed by atoms with van der Waals surface area (Å²) in [6.45, 7) is 3.48. The van der Waals surface area contributed by atoms with Gasteiger partial charge in [0.05, 0.1) is 13.0 Å². The molecule has 1 rings (SSSR count). The molecule has 0 N–H and O–H groups in total. The van der Waals surface area contributed by atoms with Gasteiger partial charge in [0.2, 0.25) is 0 Å². The van der Waals surface area contributed by atoms with Crippen LogP contribution in [-0.4, -0.2) is 36.8 Å². The normalized spacial score (nSPS) is 11.1. The molecule has 0 amide bonds. The average molecular weight is 338 g/mol. The second-order valence-corrected chi connectivity index (χ2v) is 4.66. The Kier molecular flexibility index (Phi) is 7.41. The minimum Gasteiger partial charge on any atom is -0.466 e. The molecule has 24 heavy (non-hydrogen) atoms. The SMILES string of the molecule is CC(=O)OCCC(OC(C)=O)OC(=O)c1ccccc1OC(C)=O. The maximum absolute atomic E-state index is 12.2. The van der Waals surface area contributed by atoms with Crippen molar-refractivity contribution in [2.24, 2.45) is 0 Å². The van der Waals surface area contributed by atoms with Gasteiger partial charge in [0.25, 0.3) is 6.29 Å². The van der Waals surface area contributed by atoms with Crippen molar-refractivity contribution >= 4 is 23.9 Å². The lowest BCUT2D eigenvalue weighted by Gasteiger charge is -2.18. The molecular formula is C16H18O8. The number of hydrogen-bond acceptors (Lipinski definition) is 8. The van der Waals surface area contributed by atoms with Crippen molar-refractivity contribution in [1.29, 1.82) is 0 Å². The molecule has 0 aliphatic carbocycles. The van der Waals surface area contributed by atoms with Crippen LogP contribution in [0.2, 0.25) is 0 Å². The summed E-state index contributed by atoms with van der Waals surface area (Å²) in [5.41, 5.74) is -0.00246. The molecule has 0 aromatic heterocycles. The molecule has 0 saturated carbocycles. The summed E-state index contributed by atoms with van der Waals surface area (Å²) in [6, 6.07) is 5.97. The van der Waals surface area contributed by atoms with E-state index in [2.05, 4.69) is 0 Å². The molecule has 0 spiro atoms. The van der Waals surface area contributed by atoms with E-state index in [1.54, 1.807) is 12.1 Å². The summed E-state index contributed by atoms with van der Waals surface area (Å²) >= 11 is 0. The third-order valence-corrected chi connectivity index (χ3v) is 2.56. The van der Waals surface area contributed by atoms with Gasteiger partial charge in [0.1, 0.15) is 11.3 Å². The van der Waals surface area contributed by atoms with Crippen molar-refractivity contribution in [3.63, 3.8) is 0 Å². The molecule has 1 unspecified atom stereocenters. The smallest absolute Gasteiger partial charge is 0.345 e.